The number of ether oxygens (including phenoxy) is 1. The molecule has 26 heavy (non-hydrogen) atoms. The number of pyridine rings is 1. The van der Waals surface area contributed by atoms with E-state index in [0.717, 1.165) is 69.7 Å². The number of nitrogens with zero attached hydrogens (tertiary/aromatic N) is 5. The predicted molar refractivity (Wildman–Crippen MR) is 103 cm³/mol. The second-order valence-electron chi connectivity index (χ2n) is 6.98. The van der Waals surface area contributed by atoms with Crippen LogP contribution in [0.2, 0.25) is 0 Å². The van der Waals surface area contributed by atoms with Crippen molar-refractivity contribution in [2.24, 2.45) is 0 Å². The molecule has 0 aromatic carbocycles. The highest BCUT2D eigenvalue weighted by Gasteiger charge is 2.21. The molecule has 7 heteroatoms. The second-order valence-corrected chi connectivity index (χ2v) is 6.98. The lowest BCUT2D eigenvalue weighted by molar-refractivity contribution is 0.122. The quantitative estimate of drug-likeness (QED) is 0.902. The van der Waals surface area contributed by atoms with Gasteiger partial charge in [-0.2, -0.15) is 0 Å². The maximum absolute atomic E-state index is 5.42. The predicted octanol–water partition coefficient (Wildman–Crippen LogP) is 2.10. The van der Waals surface area contributed by atoms with Crippen molar-refractivity contribution in [3.8, 4) is 0 Å². The fourth-order valence-electron chi connectivity index (χ4n) is 3.55. The number of piperidine rings is 1. The van der Waals surface area contributed by atoms with E-state index >= 15 is 0 Å². The van der Waals surface area contributed by atoms with Gasteiger partial charge in [-0.05, 0) is 31.4 Å². The highest BCUT2D eigenvalue weighted by Crippen LogP contribution is 2.21. The summed E-state index contributed by atoms with van der Waals surface area (Å²) in [4.78, 5) is 18.0. The zero-order chi connectivity index (χ0) is 17.8. The Morgan fingerprint density at radius 1 is 1.04 bits per heavy atom. The first-order chi connectivity index (χ1) is 12.8. The third-order valence-electron chi connectivity index (χ3n) is 4.98. The van der Waals surface area contributed by atoms with Crippen LogP contribution in [0.4, 0.5) is 17.5 Å². The number of hydrogen-bond acceptors (Lipinski definition) is 7. The number of aryl methyl sites for hydroxylation is 1. The zero-order valence-corrected chi connectivity index (χ0v) is 15.3. The summed E-state index contributed by atoms with van der Waals surface area (Å²) in [5.41, 5.74) is 1.19. The molecule has 2 aromatic rings. The fourth-order valence-corrected chi connectivity index (χ4v) is 3.55. The van der Waals surface area contributed by atoms with Crippen molar-refractivity contribution in [3.63, 3.8) is 0 Å². The summed E-state index contributed by atoms with van der Waals surface area (Å²) in [6, 6.07) is 6.64. The molecule has 2 aliphatic rings. The lowest BCUT2D eigenvalue weighted by Gasteiger charge is -2.34. The molecule has 2 fully saturated rings. The van der Waals surface area contributed by atoms with E-state index in [9.17, 15) is 0 Å². The van der Waals surface area contributed by atoms with Gasteiger partial charge >= 0.3 is 0 Å². The summed E-state index contributed by atoms with van der Waals surface area (Å²) in [5, 5.41) is 3.59. The summed E-state index contributed by atoms with van der Waals surface area (Å²) in [5.74, 6) is 2.92. The minimum atomic E-state index is 0.360. The number of rotatable bonds is 4. The molecule has 7 nitrogen and oxygen atoms in total. The average molecular weight is 354 g/mol. The zero-order valence-electron chi connectivity index (χ0n) is 15.3. The fraction of sp³-hybridized carbons (Fsp3) is 0.526. The van der Waals surface area contributed by atoms with Crippen LogP contribution in [0.15, 0.2) is 30.7 Å². The Morgan fingerprint density at radius 2 is 1.92 bits per heavy atom. The Hall–Kier alpha value is -2.41. The molecule has 0 amide bonds. The van der Waals surface area contributed by atoms with Crippen LogP contribution in [0.3, 0.4) is 0 Å². The molecule has 2 aliphatic heterocycles. The Morgan fingerprint density at radius 3 is 2.73 bits per heavy atom. The van der Waals surface area contributed by atoms with Gasteiger partial charge in [0.05, 0.1) is 13.2 Å². The Labute approximate surface area is 154 Å². The van der Waals surface area contributed by atoms with Crippen LogP contribution < -0.4 is 15.1 Å². The van der Waals surface area contributed by atoms with Gasteiger partial charge in [0.25, 0.3) is 0 Å². The molecule has 0 spiro atoms. The maximum atomic E-state index is 5.42. The average Bonchev–Trinajstić information content (AvgIpc) is 2.70. The molecule has 0 saturated carbocycles. The molecule has 0 bridgehead atoms. The van der Waals surface area contributed by atoms with E-state index in [1.165, 1.54) is 5.56 Å². The summed E-state index contributed by atoms with van der Waals surface area (Å²) in [6.07, 6.45) is 5.87. The SMILES string of the molecule is Cc1ccc(N2CCC[C@@H](Nc3cc(N4CCOCC4)ncn3)C2)nc1. The van der Waals surface area contributed by atoms with Crippen LogP contribution in [0.1, 0.15) is 18.4 Å². The van der Waals surface area contributed by atoms with E-state index in [1.54, 1.807) is 6.33 Å². The summed E-state index contributed by atoms with van der Waals surface area (Å²) in [7, 11) is 0. The van der Waals surface area contributed by atoms with Crippen LogP contribution in [0.5, 0.6) is 0 Å². The second kappa shape index (κ2) is 7.86. The maximum Gasteiger partial charge on any atom is 0.134 e. The summed E-state index contributed by atoms with van der Waals surface area (Å²) >= 11 is 0. The van der Waals surface area contributed by atoms with Gasteiger partial charge in [-0.1, -0.05) is 6.07 Å². The molecule has 4 heterocycles. The van der Waals surface area contributed by atoms with Crippen molar-refractivity contribution in [1.29, 1.82) is 0 Å². The van der Waals surface area contributed by atoms with Crippen molar-refractivity contribution in [1.82, 2.24) is 15.0 Å². The van der Waals surface area contributed by atoms with Gasteiger partial charge in [0, 0.05) is 44.5 Å². The smallest absolute Gasteiger partial charge is 0.134 e. The van der Waals surface area contributed by atoms with Crippen LogP contribution in [0.25, 0.3) is 0 Å². The monoisotopic (exact) mass is 354 g/mol. The van der Waals surface area contributed by atoms with Gasteiger partial charge < -0.3 is 19.9 Å². The largest absolute Gasteiger partial charge is 0.378 e. The van der Waals surface area contributed by atoms with Gasteiger partial charge in [-0.15, -0.1) is 0 Å². The summed E-state index contributed by atoms with van der Waals surface area (Å²) < 4.78 is 5.42. The third-order valence-corrected chi connectivity index (χ3v) is 4.98. The lowest BCUT2D eigenvalue weighted by atomic mass is 10.1. The van der Waals surface area contributed by atoms with E-state index < -0.39 is 0 Å². The van der Waals surface area contributed by atoms with E-state index in [1.807, 2.05) is 12.3 Å². The first-order valence-corrected chi connectivity index (χ1v) is 9.37. The molecule has 2 saturated heterocycles. The first kappa shape index (κ1) is 17.0. The number of morpholine rings is 1. The number of aromatic nitrogens is 3. The normalized spacial score (nSPS) is 20.9. The third kappa shape index (κ3) is 4.04. The van der Waals surface area contributed by atoms with Gasteiger partial charge in [0.1, 0.15) is 23.8 Å². The molecular formula is C19H26N6O. The molecule has 4 rings (SSSR count). The van der Waals surface area contributed by atoms with Crippen molar-refractivity contribution in [2.75, 3.05) is 54.5 Å². The van der Waals surface area contributed by atoms with Gasteiger partial charge in [0.15, 0.2) is 0 Å². The van der Waals surface area contributed by atoms with Crippen LogP contribution in [-0.4, -0.2) is 60.4 Å². The van der Waals surface area contributed by atoms with Gasteiger partial charge in [0.2, 0.25) is 0 Å². The Balaban J connectivity index is 1.41. The van der Waals surface area contributed by atoms with Gasteiger partial charge in [-0.3, -0.25) is 0 Å². The highest BCUT2D eigenvalue weighted by molar-refractivity contribution is 5.50. The number of nitrogens with one attached hydrogen (secondary N) is 1. The van der Waals surface area contributed by atoms with Crippen LogP contribution in [0, 0.1) is 6.92 Å². The number of hydrogen-bond donors (Lipinski definition) is 1. The highest BCUT2D eigenvalue weighted by atomic mass is 16.5. The lowest BCUT2D eigenvalue weighted by Crippen LogP contribution is -2.42. The van der Waals surface area contributed by atoms with E-state index in [0.29, 0.717) is 6.04 Å². The standard InChI is InChI=1S/C19H26N6O/c1-15-4-5-18(20-12-15)25-6-2-3-16(13-25)23-17-11-19(22-14-21-17)24-7-9-26-10-8-24/h4-5,11-12,14,16H,2-3,6-10,13H2,1H3,(H,21,22,23)/t16-/m1/s1. The molecule has 1 atom stereocenters. The Kier molecular flexibility index (Phi) is 5.15. The van der Waals surface area contributed by atoms with Crippen molar-refractivity contribution in [2.45, 2.75) is 25.8 Å². The molecule has 138 valence electrons. The first-order valence-electron chi connectivity index (χ1n) is 9.37. The minimum Gasteiger partial charge on any atom is -0.378 e. The molecule has 1 N–H and O–H groups in total. The van der Waals surface area contributed by atoms with E-state index in [4.69, 9.17) is 4.74 Å². The molecule has 0 unspecified atom stereocenters. The minimum absolute atomic E-state index is 0.360. The molecular weight excluding hydrogens is 328 g/mol. The Bertz CT molecular complexity index is 716. The molecule has 2 aromatic heterocycles. The van der Waals surface area contributed by atoms with Crippen LogP contribution >= 0.6 is 0 Å². The van der Waals surface area contributed by atoms with Crippen molar-refractivity contribution < 1.29 is 4.74 Å². The van der Waals surface area contributed by atoms with Gasteiger partial charge in [-0.25, -0.2) is 15.0 Å². The number of anilines is 3. The summed E-state index contributed by atoms with van der Waals surface area (Å²) in [6.45, 7) is 7.34. The van der Waals surface area contributed by atoms with Crippen LogP contribution in [-0.2, 0) is 4.74 Å². The van der Waals surface area contributed by atoms with E-state index in [2.05, 4.69) is 49.1 Å². The van der Waals surface area contributed by atoms with Crippen molar-refractivity contribution in [3.05, 3.63) is 36.3 Å². The molecule has 0 radical (unpaired) electrons. The van der Waals surface area contributed by atoms with Crippen molar-refractivity contribution >= 4 is 17.5 Å². The van der Waals surface area contributed by atoms with E-state index in [-0.39, 0.29) is 0 Å². The topological polar surface area (TPSA) is 66.4 Å². The molecule has 0 aliphatic carbocycles.